The summed E-state index contributed by atoms with van der Waals surface area (Å²) in [6.07, 6.45) is -1.33. The molecule has 0 unspecified atom stereocenters. The Morgan fingerprint density at radius 1 is 1.56 bits per heavy atom. The van der Waals surface area contributed by atoms with E-state index in [4.69, 9.17) is 5.11 Å². The molecule has 0 saturated heterocycles. The number of carboxylic acid groups (broad SMARTS) is 1. The van der Waals surface area contributed by atoms with Gasteiger partial charge >= 0.3 is 5.97 Å². The molecule has 0 aliphatic carbocycles. The number of carbonyl (C=O) groups is 1. The van der Waals surface area contributed by atoms with E-state index in [1.54, 1.807) is 6.92 Å². The molecule has 0 radical (unpaired) electrons. The third-order valence-corrected chi connectivity index (χ3v) is 5.41. The van der Waals surface area contributed by atoms with Crippen molar-refractivity contribution in [2.75, 3.05) is 0 Å². The molecule has 9 heteroatoms. The number of rotatable bonds is 5. The summed E-state index contributed by atoms with van der Waals surface area (Å²) >= 11 is 4.39. The van der Waals surface area contributed by atoms with Crippen LogP contribution in [-0.2, 0) is 14.8 Å². The van der Waals surface area contributed by atoms with Crippen molar-refractivity contribution in [1.82, 2.24) is 4.72 Å². The van der Waals surface area contributed by atoms with Crippen molar-refractivity contribution in [3.63, 3.8) is 0 Å². The molecule has 1 aromatic rings. The SMILES string of the molecule is Cc1sc(Br)cc1S(=O)(=O)N[C@H](C(=O)O)[C@@H](C)O. The quantitative estimate of drug-likeness (QED) is 0.727. The van der Waals surface area contributed by atoms with E-state index in [2.05, 4.69) is 15.9 Å². The van der Waals surface area contributed by atoms with Gasteiger partial charge in [0.05, 0.1) is 14.8 Å². The maximum atomic E-state index is 12.0. The van der Waals surface area contributed by atoms with Gasteiger partial charge in [-0.05, 0) is 35.8 Å². The number of sulfonamides is 1. The minimum absolute atomic E-state index is 0.00581. The van der Waals surface area contributed by atoms with E-state index in [1.165, 1.54) is 24.3 Å². The van der Waals surface area contributed by atoms with Crippen LogP contribution >= 0.6 is 27.3 Å². The second-order valence-electron chi connectivity index (χ2n) is 3.65. The van der Waals surface area contributed by atoms with Gasteiger partial charge in [-0.15, -0.1) is 11.3 Å². The van der Waals surface area contributed by atoms with Crippen molar-refractivity contribution in [2.24, 2.45) is 0 Å². The third-order valence-electron chi connectivity index (χ3n) is 2.16. The number of aliphatic carboxylic acids is 1. The molecule has 0 amide bonds. The molecular formula is C9H12BrNO5S2. The predicted octanol–water partition coefficient (Wildman–Crippen LogP) is 0.931. The predicted molar refractivity (Wildman–Crippen MR) is 70.2 cm³/mol. The zero-order valence-electron chi connectivity index (χ0n) is 9.55. The van der Waals surface area contributed by atoms with Gasteiger partial charge in [0.15, 0.2) is 0 Å². The molecule has 1 aromatic heterocycles. The Hall–Kier alpha value is -0.480. The van der Waals surface area contributed by atoms with Gasteiger partial charge < -0.3 is 10.2 Å². The van der Waals surface area contributed by atoms with Crippen LogP contribution < -0.4 is 4.72 Å². The summed E-state index contributed by atoms with van der Waals surface area (Å²) in [5.74, 6) is -1.43. The lowest BCUT2D eigenvalue weighted by molar-refractivity contribution is -0.141. The van der Waals surface area contributed by atoms with Gasteiger partial charge in [0.25, 0.3) is 0 Å². The average molecular weight is 358 g/mol. The Balaban J connectivity index is 3.08. The molecule has 102 valence electrons. The van der Waals surface area contributed by atoms with E-state index in [9.17, 15) is 18.3 Å². The number of hydrogen-bond donors (Lipinski definition) is 3. The number of aliphatic hydroxyl groups excluding tert-OH is 1. The number of hydrogen-bond acceptors (Lipinski definition) is 5. The van der Waals surface area contributed by atoms with Gasteiger partial charge in [-0.1, -0.05) is 0 Å². The van der Waals surface area contributed by atoms with Gasteiger partial charge in [0.2, 0.25) is 10.0 Å². The molecule has 0 bridgehead atoms. The van der Waals surface area contributed by atoms with Crippen LogP contribution in [0, 0.1) is 6.92 Å². The number of aliphatic hydroxyl groups is 1. The van der Waals surface area contributed by atoms with Crippen molar-refractivity contribution >= 4 is 43.3 Å². The maximum absolute atomic E-state index is 12.0. The van der Waals surface area contributed by atoms with Crippen LogP contribution in [0.2, 0.25) is 0 Å². The van der Waals surface area contributed by atoms with Crippen molar-refractivity contribution in [3.05, 3.63) is 14.7 Å². The summed E-state index contributed by atoms with van der Waals surface area (Å²) in [6.45, 7) is 2.82. The Bertz CT molecular complexity index is 551. The van der Waals surface area contributed by atoms with Gasteiger partial charge in [-0.3, -0.25) is 4.79 Å². The first-order valence-electron chi connectivity index (χ1n) is 4.84. The summed E-state index contributed by atoms with van der Waals surface area (Å²) in [7, 11) is -3.97. The largest absolute Gasteiger partial charge is 0.480 e. The van der Waals surface area contributed by atoms with Crippen molar-refractivity contribution in [2.45, 2.75) is 30.9 Å². The summed E-state index contributed by atoms with van der Waals surface area (Å²) in [4.78, 5) is 11.4. The molecule has 1 rings (SSSR count). The number of thiophene rings is 1. The van der Waals surface area contributed by atoms with Gasteiger partial charge in [-0.2, -0.15) is 4.72 Å². The fraction of sp³-hybridized carbons (Fsp3) is 0.444. The fourth-order valence-corrected chi connectivity index (χ4v) is 4.96. The number of halogens is 1. The molecule has 3 N–H and O–H groups in total. The molecule has 0 aromatic carbocycles. The van der Waals surface area contributed by atoms with Crippen LogP contribution in [0.5, 0.6) is 0 Å². The van der Waals surface area contributed by atoms with E-state index < -0.39 is 28.1 Å². The minimum Gasteiger partial charge on any atom is -0.480 e. The molecule has 0 fully saturated rings. The summed E-state index contributed by atoms with van der Waals surface area (Å²) in [6, 6.07) is -0.184. The Morgan fingerprint density at radius 2 is 2.11 bits per heavy atom. The van der Waals surface area contributed by atoms with Crippen molar-refractivity contribution < 1.29 is 23.4 Å². The second kappa shape index (κ2) is 5.66. The van der Waals surface area contributed by atoms with Crippen LogP contribution in [0.1, 0.15) is 11.8 Å². The molecular weight excluding hydrogens is 346 g/mol. The Kier molecular flexibility index (Phi) is 4.90. The van der Waals surface area contributed by atoms with E-state index in [1.807, 2.05) is 4.72 Å². The third kappa shape index (κ3) is 3.51. The second-order valence-corrected chi connectivity index (χ2v) is 7.97. The van der Waals surface area contributed by atoms with E-state index >= 15 is 0 Å². The highest BCUT2D eigenvalue weighted by Gasteiger charge is 2.30. The monoisotopic (exact) mass is 357 g/mol. The zero-order chi connectivity index (χ0) is 14.1. The lowest BCUT2D eigenvalue weighted by atomic mass is 10.2. The molecule has 18 heavy (non-hydrogen) atoms. The van der Waals surface area contributed by atoms with Crippen molar-refractivity contribution in [1.29, 1.82) is 0 Å². The lowest BCUT2D eigenvalue weighted by Gasteiger charge is -2.16. The van der Waals surface area contributed by atoms with E-state index in [0.29, 0.717) is 8.66 Å². The molecule has 6 nitrogen and oxygen atoms in total. The van der Waals surface area contributed by atoms with Crippen LogP contribution in [0.4, 0.5) is 0 Å². The standard InChI is InChI=1S/C9H12BrNO5S2/c1-4(12)8(9(13)14)11-18(15,16)6-3-7(10)17-5(6)2/h3-4,8,11-12H,1-2H3,(H,13,14)/t4-,8+/m1/s1. The van der Waals surface area contributed by atoms with Gasteiger partial charge in [0.1, 0.15) is 6.04 Å². The summed E-state index contributed by atoms with van der Waals surface area (Å²) in [5, 5.41) is 18.1. The normalized spacial score (nSPS) is 15.3. The summed E-state index contributed by atoms with van der Waals surface area (Å²) < 4.78 is 26.6. The first-order chi connectivity index (χ1) is 8.15. The summed E-state index contributed by atoms with van der Waals surface area (Å²) in [5.41, 5.74) is 0. The van der Waals surface area contributed by atoms with Crippen LogP contribution in [-0.4, -0.2) is 36.7 Å². The van der Waals surface area contributed by atoms with E-state index in [0.717, 1.165) is 0 Å². The Morgan fingerprint density at radius 3 is 2.44 bits per heavy atom. The molecule has 0 aliphatic heterocycles. The van der Waals surface area contributed by atoms with Crippen LogP contribution in [0.3, 0.4) is 0 Å². The van der Waals surface area contributed by atoms with Gasteiger partial charge in [0, 0.05) is 4.88 Å². The van der Waals surface area contributed by atoms with Crippen molar-refractivity contribution in [3.8, 4) is 0 Å². The highest BCUT2D eigenvalue weighted by atomic mass is 79.9. The highest BCUT2D eigenvalue weighted by Crippen LogP contribution is 2.29. The van der Waals surface area contributed by atoms with Crippen LogP contribution in [0.25, 0.3) is 0 Å². The van der Waals surface area contributed by atoms with Crippen LogP contribution in [0.15, 0.2) is 14.7 Å². The fourth-order valence-electron chi connectivity index (χ4n) is 1.28. The van der Waals surface area contributed by atoms with E-state index in [-0.39, 0.29) is 4.90 Å². The Labute approximate surface area is 117 Å². The number of carboxylic acids is 1. The first kappa shape index (κ1) is 15.6. The molecule has 0 spiro atoms. The number of nitrogens with one attached hydrogen (secondary N) is 1. The number of aryl methyl sites for hydroxylation is 1. The molecule has 2 atom stereocenters. The average Bonchev–Trinajstić information content (AvgIpc) is 2.54. The molecule has 0 saturated carbocycles. The first-order valence-corrected chi connectivity index (χ1v) is 7.93. The van der Waals surface area contributed by atoms with Gasteiger partial charge in [-0.25, -0.2) is 8.42 Å². The maximum Gasteiger partial charge on any atom is 0.324 e. The highest BCUT2D eigenvalue weighted by molar-refractivity contribution is 9.11. The topological polar surface area (TPSA) is 104 Å². The lowest BCUT2D eigenvalue weighted by Crippen LogP contribution is -2.47. The molecule has 0 aliphatic rings. The smallest absolute Gasteiger partial charge is 0.324 e. The minimum atomic E-state index is -3.97. The molecule has 1 heterocycles. The zero-order valence-corrected chi connectivity index (χ0v) is 12.8.